The molecule has 0 fully saturated rings. The largest absolute Gasteiger partial charge is 0.472 e. The summed E-state index contributed by atoms with van der Waals surface area (Å²) >= 11 is 0. The van der Waals surface area contributed by atoms with E-state index in [1.807, 2.05) is 6.08 Å². The molecule has 0 aromatic heterocycles. The lowest BCUT2D eigenvalue weighted by Crippen LogP contribution is -2.29. The number of carbonyl (C=O) groups is 2. The van der Waals surface area contributed by atoms with Gasteiger partial charge in [-0.1, -0.05) is 266 Å². The van der Waals surface area contributed by atoms with Crippen LogP contribution in [0.3, 0.4) is 0 Å². The monoisotopic (exact) mass is 1160 g/mol. The van der Waals surface area contributed by atoms with Gasteiger partial charge in [0.1, 0.15) is 6.61 Å². The number of allylic oxidation sites excluding steroid dienone is 32. The second-order valence-electron chi connectivity index (χ2n) is 20.2. The Morgan fingerprint density at radius 1 is 0.361 bits per heavy atom. The Hall–Kier alpha value is -5.15. The topological polar surface area (TPSA) is 134 Å². The minimum atomic E-state index is -4.42. The van der Waals surface area contributed by atoms with Crippen LogP contribution >= 0.6 is 7.82 Å². The molecule has 0 saturated heterocycles. The molecule has 0 amide bonds. The molecule has 464 valence electrons. The smallest absolute Gasteiger partial charge is 0.462 e. The Labute approximate surface area is 506 Å². The summed E-state index contributed by atoms with van der Waals surface area (Å²) in [5.74, 6) is -0.916. The van der Waals surface area contributed by atoms with E-state index in [4.69, 9.17) is 24.3 Å². The van der Waals surface area contributed by atoms with Crippen LogP contribution in [0.25, 0.3) is 0 Å². The van der Waals surface area contributed by atoms with E-state index in [1.165, 1.54) is 44.9 Å². The standard InChI is InChI=1S/C73H114NO8P/c1-3-5-7-9-11-13-15-17-19-21-23-25-27-28-29-30-31-32-33-34-35-36-37-38-39-40-41-42-44-46-48-50-52-54-56-58-60-62-64-66-73(76)82-71(70-81-83(77,78)80-68-67-74)69-79-72(75)65-63-61-59-57-55-53-51-49-47-45-43-26-24-22-20-18-16-14-12-10-8-6-4-2/h5-8,11-14,17-20,23-26,28-29,31-32,34-35,37-38,40-41,45,47,51,53,57,59,71H,3-4,9-10,15-16,21-22,27,30,33,36,39,42-44,46,48-50,52,54-56,58,60-70,74H2,1-2H3,(H,77,78)/b7-5-,8-6-,13-11-,14-12-,19-17-,20-18-,25-23-,26-24-,29-28-,32-31-,35-34-,38-37-,41-40-,47-45-,53-51-,59-57-. The number of nitrogens with two attached hydrogens (primary N) is 1. The van der Waals surface area contributed by atoms with E-state index in [2.05, 4.69) is 202 Å². The van der Waals surface area contributed by atoms with E-state index in [-0.39, 0.29) is 32.6 Å². The van der Waals surface area contributed by atoms with E-state index >= 15 is 0 Å². The first-order valence-corrected chi connectivity index (χ1v) is 33.4. The van der Waals surface area contributed by atoms with Crippen LogP contribution in [-0.4, -0.2) is 49.3 Å². The minimum Gasteiger partial charge on any atom is -0.462 e. The van der Waals surface area contributed by atoms with Gasteiger partial charge in [0.05, 0.1) is 13.2 Å². The molecule has 3 N–H and O–H groups in total. The highest BCUT2D eigenvalue weighted by molar-refractivity contribution is 7.47. The number of rotatable bonds is 57. The number of hydrogen-bond acceptors (Lipinski definition) is 8. The molecule has 0 radical (unpaired) electrons. The molecular formula is C73H114NO8P. The summed E-state index contributed by atoms with van der Waals surface area (Å²) in [6.45, 7) is 3.42. The number of carbonyl (C=O) groups excluding carboxylic acids is 2. The third-order valence-corrected chi connectivity index (χ3v) is 13.5. The number of phosphoric ester groups is 1. The summed E-state index contributed by atoms with van der Waals surface area (Å²) in [5.41, 5.74) is 5.38. The van der Waals surface area contributed by atoms with Crippen molar-refractivity contribution in [3.63, 3.8) is 0 Å². The first-order chi connectivity index (χ1) is 40.8. The Kier molecular flexibility index (Phi) is 61.9. The van der Waals surface area contributed by atoms with Gasteiger partial charge in [0.15, 0.2) is 6.10 Å². The Bertz CT molecular complexity index is 2060. The Morgan fingerprint density at radius 2 is 0.639 bits per heavy atom. The van der Waals surface area contributed by atoms with Gasteiger partial charge >= 0.3 is 19.8 Å². The molecule has 0 spiro atoms. The molecule has 83 heavy (non-hydrogen) atoms. The predicted octanol–water partition coefficient (Wildman–Crippen LogP) is 21.0. The van der Waals surface area contributed by atoms with Crippen molar-refractivity contribution in [2.75, 3.05) is 26.4 Å². The van der Waals surface area contributed by atoms with E-state index in [9.17, 15) is 19.0 Å². The molecule has 0 bridgehead atoms. The lowest BCUT2D eigenvalue weighted by Gasteiger charge is -2.19. The van der Waals surface area contributed by atoms with Gasteiger partial charge in [-0.3, -0.25) is 18.6 Å². The number of hydrogen-bond donors (Lipinski definition) is 2. The summed E-state index contributed by atoms with van der Waals surface area (Å²) in [5, 5.41) is 0. The van der Waals surface area contributed by atoms with Crippen molar-refractivity contribution in [1.82, 2.24) is 0 Å². The summed E-state index contributed by atoms with van der Waals surface area (Å²) in [7, 11) is -4.42. The van der Waals surface area contributed by atoms with Gasteiger partial charge in [-0.25, -0.2) is 4.57 Å². The molecule has 0 aliphatic heterocycles. The molecule has 0 aliphatic carbocycles. The summed E-state index contributed by atoms with van der Waals surface area (Å²) in [6.07, 6.45) is 101. The third kappa shape index (κ3) is 65.9. The SMILES string of the molecule is CC/C=C\C/C=C\C/C=C\C/C=C\C/C=C\C/C=C\C/C=C\C/C=C\C/C=C\CCCCCCCCCCCCCC(=O)OC(COC(=O)CCC/C=C\C/C=C\C/C=C\C/C=C\C/C=C\C/C=C\C/C=C\CC)COP(=O)(O)OCCN. The van der Waals surface area contributed by atoms with Gasteiger partial charge in [0.25, 0.3) is 0 Å². The van der Waals surface area contributed by atoms with Gasteiger partial charge in [-0.15, -0.1) is 0 Å². The van der Waals surface area contributed by atoms with E-state index in [0.717, 1.165) is 135 Å². The fraction of sp³-hybridized carbons (Fsp3) is 0.534. The zero-order valence-electron chi connectivity index (χ0n) is 51.8. The lowest BCUT2D eigenvalue weighted by atomic mass is 10.0. The maximum absolute atomic E-state index is 12.7. The lowest BCUT2D eigenvalue weighted by molar-refractivity contribution is -0.161. The van der Waals surface area contributed by atoms with Crippen LogP contribution in [0, 0.1) is 0 Å². The van der Waals surface area contributed by atoms with Gasteiger partial charge < -0.3 is 20.1 Å². The second kappa shape index (κ2) is 66.0. The van der Waals surface area contributed by atoms with Crippen LogP contribution in [0.5, 0.6) is 0 Å². The molecule has 10 heteroatoms. The van der Waals surface area contributed by atoms with Crippen LogP contribution in [0.4, 0.5) is 0 Å². The zero-order chi connectivity index (χ0) is 60.1. The molecular weight excluding hydrogens is 1050 g/mol. The molecule has 9 nitrogen and oxygen atoms in total. The predicted molar refractivity (Wildman–Crippen MR) is 357 cm³/mol. The van der Waals surface area contributed by atoms with Crippen molar-refractivity contribution in [2.24, 2.45) is 5.73 Å². The van der Waals surface area contributed by atoms with E-state index < -0.39 is 32.5 Å². The van der Waals surface area contributed by atoms with Crippen molar-refractivity contribution in [3.05, 3.63) is 194 Å². The zero-order valence-corrected chi connectivity index (χ0v) is 52.7. The molecule has 0 aliphatic rings. The molecule has 0 aromatic rings. The average Bonchev–Trinajstić information content (AvgIpc) is 3.48. The highest BCUT2D eigenvalue weighted by Gasteiger charge is 2.26. The van der Waals surface area contributed by atoms with Crippen LogP contribution < -0.4 is 5.73 Å². The highest BCUT2D eigenvalue weighted by Crippen LogP contribution is 2.43. The van der Waals surface area contributed by atoms with E-state index in [1.54, 1.807) is 0 Å². The first kappa shape index (κ1) is 77.9. The van der Waals surface area contributed by atoms with Crippen molar-refractivity contribution < 1.29 is 37.6 Å². The maximum Gasteiger partial charge on any atom is 0.472 e. The molecule has 0 saturated carbocycles. The normalized spacial score (nSPS) is 14.3. The quantitative estimate of drug-likeness (QED) is 0.0264. The van der Waals surface area contributed by atoms with Gasteiger partial charge in [0, 0.05) is 19.4 Å². The molecule has 2 atom stereocenters. The van der Waals surface area contributed by atoms with Crippen LogP contribution in [0.15, 0.2) is 194 Å². The molecule has 0 heterocycles. The van der Waals surface area contributed by atoms with Crippen LogP contribution in [-0.2, 0) is 32.7 Å². The second-order valence-corrected chi connectivity index (χ2v) is 21.6. The third-order valence-electron chi connectivity index (χ3n) is 12.5. The van der Waals surface area contributed by atoms with Crippen molar-refractivity contribution in [3.8, 4) is 0 Å². The number of unbranched alkanes of at least 4 members (excludes halogenated alkanes) is 12. The fourth-order valence-electron chi connectivity index (χ4n) is 7.85. The Balaban J connectivity index is 4.06. The summed E-state index contributed by atoms with van der Waals surface area (Å²) in [4.78, 5) is 35.2. The van der Waals surface area contributed by atoms with Crippen molar-refractivity contribution in [2.45, 2.75) is 225 Å². The first-order valence-electron chi connectivity index (χ1n) is 31.9. The maximum atomic E-state index is 12.7. The summed E-state index contributed by atoms with van der Waals surface area (Å²) in [6, 6.07) is 0. The molecule has 0 rings (SSSR count). The molecule has 2 unspecified atom stereocenters. The fourth-order valence-corrected chi connectivity index (χ4v) is 8.62. The Morgan fingerprint density at radius 3 is 0.964 bits per heavy atom. The number of phosphoric acid groups is 1. The van der Waals surface area contributed by atoms with Gasteiger partial charge in [0.2, 0.25) is 0 Å². The van der Waals surface area contributed by atoms with Crippen LogP contribution in [0.2, 0.25) is 0 Å². The van der Waals surface area contributed by atoms with Gasteiger partial charge in [-0.05, 0) is 135 Å². The summed E-state index contributed by atoms with van der Waals surface area (Å²) < 4.78 is 33.0. The van der Waals surface area contributed by atoms with Crippen LogP contribution in [0.1, 0.15) is 219 Å². The molecule has 0 aromatic carbocycles. The van der Waals surface area contributed by atoms with Crippen molar-refractivity contribution >= 4 is 19.8 Å². The average molecular weight is 1160 g/mol. The van der Waals surface area contributed by atoms with Crippen molar-refractivity contribution in [1.29, 1.82) is 0 Å². The number of esters is 2. The highest BCUT2D eigenvalue weighted by atomic mass is 31.2. The number of ether oxygens (including phenoxy) is 2. The van der Waals surface area contributed by atoms with E-state index in [0.29, 0.717) is 12.8 Å². The van der Waals surface area contributed by atoms with Gasteiger partial charge in [-0.2, -0.15) is 0 Å². The minimum absolute atomic E-state index is 0.0348.